The number of fused-ring (bicyclic) bond motifs is 6. The van der Waals surface area contributed by atoms with Crippen LogP contribution in [0.2, 0.25) is 0 Å². The molecule has 0 aromatic carbocycles. The summed E-state index contributed by atoms with van der Waals surface area (Å²) in [5, 5.41) is 151. The van der Waals surface area contributed by atoms with E-state index in [0.717, 1.165) is 51.4 Å². The van der Waals surface area contributed by atoms with Crippen molar-refractivity contribution in [3.05, 3.63) is 23.3 Å². The minimum absolute atomic E-state index is 0.0984. The Labute approximate surface area is 444 Å². The number of aliphatic hydroxyl groups excluding tert-OH is 14. The Bertz CT molecular complexity index is 2090. The van der Waals surface area contributed by atoms with E-state index in [1.165, 1.54) is 11.1 Å². The molecular weight excluding hydrogens is 1000 g/mol. The van der Waals surface area contributed by atoms with Crippen LogP contribution < -0.4 is 0 Å². The van der Waals surface area contributed by atoms with Gasteiger partial charge in [0.25, 0.3) is 0 Å². The Morgan fingerprint density at radius 1 is 0.513 bits per heavy atom. The van der Waals surface area contributed by atoms with Crippen LogP contribution in [-0.4, -0.2) is 233 Å². The molecule has 0 radical (unpaired) electrons. The third kappa shape index (κ3) is 9.73. The van der Waals surface area contributed by atoms with E-state index in [1.807, 2.05) is 0 Å². The zero-order chi connectivity index (χ0) is 55.4. The maximum atomic E-state index is 12.0. The predicted octanol–water partition coefficient (Wildman–Crippen LogP) is -1.64. The highest BCUT2D eigenvalue weighted by molar-refractivity contribution is 5.46. The standard InChI is InChI=1S/C54H88O22/c1-49(2)14-16-54(23-58)17-15-52(6)24(25(54)18-49)8-9-31-51(5)12-11-32(50(3,4)30(51)10-13-53(31,52)7)74-48-44(76-46-42(68)38(64)34(60)27(20-56)71-46)40(66)36(62)29(73-48)22-69-47-43(39(65)35(61)28(21-57)72-47)75-45-41(67)37(63)33(59)26(19-55)70-45/h8-9,26-48,55-68H,10-23H2,1-7H3/t26-,27-,28-,29-,30+,31-,32+,33-,34-,35-,36-,37+,38+,39+,40+,41-,42-,43-,44-,45+,46+,47-,48+,51+,52-,53-,54-/m1/s1. The summed E-state index contributed by atoms with van der Waals surface area (Å²) >= 11 is 0. The van der Waals surface area contributed by atoms with Crippen molar-refractivity contribution in [1.29, 1.82) is 0 Å². The molecule has 22 nitrogen and oxygen atoms in total. The third-order valence-electron chi connectivity index (χ3n) is 20.9. The second-order valence-electron chi connectivity index (χ2n) is 26.0. The maximum Gasteiger partial charge on any atom is 0.187 e. The molecule has 7 fully saturated rings. The fourth-order valence-electron chi connectivity index (χ4n) is 15.8. The molecule has 76 heavy (non-hydrogen) atoms. The molecule has 0 bridgehead atoms. The van der Waals surface area contributed by atoms with Gasteiger partial charge in [0.1, 0.15) is 97.7 Å². The van der Waals surface area contributed by atoms with Crippen LogP contribution in [0.25, 0.3) is 0 Å². The maximum absolute atomic E-state index is 12.0. The minimum Gasteiger partial charge on any atom is -0.395 e. The van der Waals surface area contributed by atoms with Crippen molar-refractivity contribution in [2.24, 2.45) is 44.3 Å². The van der Waals surface area contributed by atoms with Crippen LogP contribution in [0.15, 0.2) is 23.3 Å². The topological polar surface area (TPSA) is 357 Å². The molecule has 0 spiro atoms. The first kappa shape index (κ1) is 59.2. The fraction of sp³-hybridized carbons (Fsp3) is 0.926. The van der Waals surface area contributed by atoms with Crippen LogP contribution in [0.3, 0.4) is 0 Å². The smallest absolute Gasteiger partial charge is 0.187 e. The summed E-state index contributed by atoms with van der Waals surface area (Å²) in [5.41, 5.74) is 1.80. The summed E-state index contributed by atoms with van der Waals surface area (Å²) in [7, 11) is 0. The average molecular weight is 1090 g/mol. The lowest BCUT2D eigenvalue weighted by molar-refractivity contribution is -0.388. The van der Waals surface area contributed by atoms with Gasteiger partial charge in [0.15, 0.2) is 25.2 Å². The number of aliphatic hydroxyl groups is 14. The van der Waals surface area contributed by atoms with Gasteiger partial charge < -0.3 is 109 Å². The number of hydrogen-bond donors (Lipinski definition) is 14. The highest BCUT2D eigenvalue weighted by Crippen LogP contribution is 2.74. The van der Waals surface area contributed by atoms with Crippen LogP contribution in [0.1, 0.15) is 106 Å². The zero-order valence-electron chi connectivity index (χ0n) is 44.9. The van der Waals surface area contributed by atoms with Gasteiger partial charge in [-0.1, -0.05) is 66.2 Å². The van der Waals surface area contributed by atoms with Crippen LogP contribution in [0, 0.1) is 44.3 Å². The molecule has 4 heterocycles. The lowest BCUT2D eigenvalue weighted by Gasteiger charge is -2.69. The van der Waals surface area contributed by atoms with E-state index in [9.17, 15) is 71.5 Å². The van der Waals surface area contributed by atoms with Gasteiger partial charge in [0, 0.05) is 5.41 Å². The van der Waals surface area contributed by atoms with Crippen molar-refractivity contribution in [1.82, 2.24) is 0 Å². The van der Waals surface area contributed by atoms with E-state index in [2.05, 4.69) is 60.6 Å². The molecule has 0 unspecified atom stereocenters. The van der Waals surface area contributed by atoms with Crippen molar-refractivity contribution in [3.63, 3.8) is 0 Å². The van der Waals surface area contributed by atoms with Gasteiger partial charge in [-0.25, -0.2) is 0 Å². The van der Waals surface area contributed by atoms with E-state index in [4.69, 9.17) is 37.9 Å². The Kier molecular flexibility index (Phi) is 16.9. The van der Waals surface area contributed by atoms with E-state index in [0.29, 0.717) is 6.42 Å². The molecule has 27 atom stereocenters. The van der Waals surface area contributed by atoms with Crippen LogP contribution in [0.4, 0.5) is 0 Å². The zero-order valence-corrected chi connectivity index (χ0v) is 44.9. The van der Waals surface area contributed by atoms with Gasteiger partial charge in [0.05, 0.1) is 39.1 Å². The molecule has 0 amide bonds. The Morgan fingerprint density at radius 3 is 1.57 bits per heavy atom. The molecule has 4 aliphatic heterocycles. The van der Waals surface area contributed by atoms with Gasteiger partial charge in [-0.2, -0.15) is 0 Å². The monoisotopic (exact) mass is 1090 g/mol. The Balaban J connectivity index is 0.984. The summed E-state index contributed by atoms with van der Waals surface area (Å²) < 4.78 is 48.5. The molecular formula is C54H88O22. The SMILES string of the molecule is CC1(C)CC[C@]2(CO)CC[C@]3(C)C(=C2C1)C=C[C@@H]1[C@@]2(C)CC[C@H](O[C@@H]4O[C@H](CO[C@@H]5O[C@H](CO)[C@@H](O)[C@H](O)[C@H]5O[C@@H]5O[C@H](CO)[C@@H](O)[C@H](O)[C@H]5O)[C@@H](O)[C@H](O)[C@H]4O[C@@H]4O[C@H](CO)[C@@H](O)[C@H](O)[C@H]4O)C(C)(C)[C@@H]2CC[C@]13C. The summed E-state index contributed by atoms with van der Waals surface area (Å²) in [6.07, 6.45) is -22.2. The van der Waals surface area contributed by atoms with Gasteiger partial charge in [-0.15, -0.1) is 0 Å². The minimum atomic E-state index is -1.93. The van der Waals surface area contributed by atoms with E-state index < -0.39 is 161 Å². The molecule has 0 aromatic heterocycles. The Hall–Kier alpha value is -1.40. The molecule has 5 aliphatic carbocycles. The summed E-state index contributed by atoms with van der Waals surface area (Å²) in [6.45, 7) is 13.4. The molecule has 9 aliphatic rings. The molecule has 14 N–H and O–H groups in total. The predicted molar refractivity (Wildman–Crippen MR) is 263 cm³/mol. The lowest BCUT2D eigenvalue weighted by atomic mass is 9.35. The first-order valence-electron chi connectivity index (χ1n) is 27.5. The van der Waals surface area contributed by atoms with Crippen molar-refractivity contribution < 1.29 is 109 Å². The van der Waals surface area contributed by atoms with Crippen molar-refractivity contribution >= 4 is 0 Å². The second kappa shape index (κ2) is 21.7. The van der Waals surface area contributed by atoms with Crippen LogP contribution in [0.5, 0.6) is 0 Å². The normalized spacial score (nSPS) is 53.0. The molecule has 22 heteroatoms. The largest absolute Gasteiger partial charge is 0.395 e. The van der Waals surface area contributed by atoms with Gasteiger partial charge in [0.2, 0.25) is 0 Å². The quantitative estimate of drug-likeness (QED) is 0.0920. The van der Waals surface area contributed by atoms with Crippen LogP contribution in [-0.2, 0) is 37.9 Å². The highest BCUT2D eigenvalue weighted by Gasteiger charge is 2.68. The summed E-state index contributed by atoms with van der Waals surface area (Å²) in [6, 6.07) is 0. The van der Waals surface area contributed by atoms with Crippen molar-refractivity contribution in [2.75, 3.05) is 33.0 Å². The Morgan fingerprint density at radius 2 is 1.01 bits per heavy atom. The number of ether oxygens (including phenoxy) is 8. The first-order chi connectivity index (χ1) is 35.7. The molecule has 4 saturated heterocycles. The average Bonchev–Trinajstić information content (AvgIpc) is 3.47. The van der Waals surface area contributed by atoms with Crippen LogP contribution >= 0.6 is 0 Å². The molecule has 3 saturated carbocycles. The fourth-order valence-corrected chi connectivity index (χ4v) is 15.8. The summed E-state index contributed by atoms with van der Waals surface area (Å²) in [5.74, 6) is 0.292. The first-order valence-corrected chi connectivity index (χ1v) is 27.5. The number of rotatable bonds is 13. The van der Waals surface area contributed by atoms with Crippen molar-refractivity contribution in [3.8, 4) is 0 Å². The number of hydrogen-bond acceptors (Lipinski definition) is 22. The van der Waals surface area contributed by atoms with Gasteiger partial charge >= 0.3 is 0 Å². The highest BCUT2D eigenvalue weighted by atomic mass is 16.8. The van der Waals surface area contributed by atoms with Gasteiger partial charge in [-0.05, 0) is 102 Å². The second-order valence-corrected chi connectivity index (χ2v) is 26.0. The van der Waals surface area contributed by atoms with Crippen molar-refractivity contribution in [2.45, 2.75) is 235 Å². The number of allylic oxidation sites excluding steroid dienone is 3. The van der Waals surface area contributed by atoms with E-state index >= 15 is 0 Å². The van der Waals surface area contributed by atoms with Gasteiger partial charge in [-0.3, -0.25) is 0 Å². The van der Waals surface area contributed by atoms with E-state index in [1.54, 1.807) is 0 Å². The molecule has 9 rings (SSSR count). The molecule has 0 aromatic rings. The molecule has 436 valence electrons. The summed E-state index contributed by atoms with van der Waals surface area (Å²) in [4.78, 5) is 0. The third-order valence-corrected chi connectivity index (χ3v) is 20.9. The van der Waals surface area contributed by atoms with E-state index in [-0.39, 0.29) is 45.5 Å². The lowest BCUT2D eigenvalue weighted by Crippen LogP contribution is -2.67.